The van der Waals surface area contributed by atoms with Crippen LogP contribution >= 0.6 is 0 Å². The number of carbonyl (C=O) groups is 1. The van der Waals surface area contributed by atoms with Gasteiger partial charge in [0.2, 0.25) is 9.84 Å². The van der Waals surface area contributed by atoms with Gasteiger partial charge in [0, 0.05) is 25.0 Å². The van der Waals surface area contributed by atoms with Crippen LogP contribution < -0.4 is 4.90 Å². The highest BCUT2D eigenvalue weighted by atomic mass is 32.2. The molecule has 2 heterocycles. The predicted molar refractivity (Wildman–Crippen MR) is 102 cm³/mol. The van der Waals surface area contributed by atoms with E-state index in [2.05, 4.69) is 0 Å². The van der Waals surface area contributed by atoms with E-state index >= 15 is 0 Å². The number of carbonyl (C=O) groups excluding carboxylic acids is 1. The Morgan fingerprint density at radius 1 is 1.14 bits per heavy atom. The van der Waals surface area contributed by atoms with Crippen molar-refractivity contribution in [3.05, 3.63) is 65.0 Å². The molecule has 1 fully saturated rings. The number of anilines is 2. The Morgan fingerprint density at radius 2 is 1.90 bits per heavy atom. The van der Waals surface area contributed by atoms with Gasteiger partial charge in [-0.05, 0) is 36.4 Å². The number of fused-ring (bicyclic) bond motifs is 1. The monoisotopic (exact) mass is 413 g/mol. The van der Waals surface area contributed by atoms with Gasteiger partial charge < -0.3 is 14.5 Å². The van der Waals surface area contributed by atoms with Crippen molar-refractivity contribution >= 4 is 27.1 Å². The number of amides is 1. The first-order valence-corrected chi connectivity index (χ1v) is 10.3. The van der Waals surface area contributed by atoms with Gasteiger partial charge in [-0.15, -0.1) is 0 Å². The van der Waals surface area contributed by atoms with E-state index in [1.165, 1.54) is 16.0 Å². The third-order valence-electron chi connectivity index (χ3n) is 4.77. The number of ether oxygens (including phenoxy) is 1. The zero-order valence-corrected chi connectivity index (χ0v) is 16.0. The van der Waals surface area contributed by atoms with E-state index in [0.29, 0.717) is 24.5 Å². The number of nitriles is 1. The number of rotatable bonds is 2. The molecular formula is C20H16FN3O4S. The van der Waals surface area contributed by atoms with Crippen molar-refractivity contribution in [2.24, 2.45) is 0 Å². The Kier molecular flexibility index (Phi) is 4.82. The molecule has 0 aliphatic carbocycles. The van der Waals surface area contributed by atoms with Crippen molar-refractivity contribution in [1.29, 1.82) is 5.26 Å². The molecule has 0 atom stereocenters. The summed E-state index contributed by atoms with van der Waals surface area (Å²) in [6.07, 6.45) is 1.20. The van der Waals surface area contributed by atoms with Gasteiger partial charge in [0.15, 0.2) is 4.91 Å². The number of nitrogens with zero attached hydrogens (tertiary/aromatic N) is 3. The lowest BCUT2D eigenvalue weighted by molar-refractivity contribution is -0.130. The fraction of sp³-hybridized carbons (Fsp3) is 0.200. The molecule has 148 valence electrons. The van der Waals surface area contributed by atoms with E-state index in [9.17, 15) is 22.9 Å². The number of sulfone groups is 1. The summed E-state index contributed by atoms with van der Waals surface area (Å²) in [7, 11) is -4.15. The van der Waals surface area contributed by atoms with Gasteiger partial charge in [0.05, 0.1) is 35.4 Å². The van der Waals surface area contributed by atoms with E-state index in [1.807, 2.05) is 6.07 Å². The van der Waals surface area contributed by atoms with Crippen LogP contribution in [0.1, 0.15) is 5.56 Å². The molecule has 1 saturated heterocycles. The molecular weight excluding hydrogens is 397 g/mol. The summed E-state index contributed by atoms with van der Waals surface area (Å²) >= 11 is 0. The number of hydrogen-bond donors (Lipinski definition) is 0. The maximum Gasteiger partial charge on any atom is 0.267 e. The molecule has 2 aromatic carbocycles. The topological polar surface area (TPSA) is 90.7 Å². The standard InChI is InChI=1S/C20H16FN3O4S/c21-15-4-5-18-17(11-15)24(16-3-1-2-14(10-16)12-22)13-19(29(18,26)27)20(25)23-6-8-28-9-7-23/h1-5,10-11,13H,6-9H2. The van der Waals surface area contributed by atoms with Crippen molar-refractivity contribution in [3.8, 4) is 6.07 Å². The zero-order chi connectivity index (χ0) is 20.6. The minimum absolute atomic E-state index is 0.0821. The van der Waals surface area contributed by atoms with Gasteiger partial charge in [-0.1, -0.05) is 6.07 Å². The molecule has 2 aliphatic rings. The average Bonchev–Trinajstić information content (AvgIpc) is 2.74. The number of benzene rings is 2. The average molecular weight is 413 g/mol. The molecule has 7 nitrogen and oxygen atoms in total. The van der Waals surface area contributed by atoms with Crippen molar-refractivity contribution in [1.82, 2.24) is 4.90 Å². The maximum atomic E-state index is 13.9. The van der Waals surface area contributed by atoms with Gasteiger partial charge in [-0.25, -0.2) is 12.8 Å². The highest BCUT2D eigenvalue weighted by Crippen LogP contribution is 2.40. The SMILES string of the molecule is N#Cc1cccc(N2C=C(C(=O)N3CCOCC3)S(=O)(=O)c3ccc(F)cc32)c1. The first-order chi connectivity index (χ1) is 13.9. The van der Waals surface area contributed by atoms with Gasteiger partial charge in [-0.2, -0.15) is 5.26 Å². The number of halogens is 1. The molecule has 0 spiro atoms. The van der Waals surface area contributed by atoms with Gasteiger partial charge in [0.25, 0.3) is 5.91 Å². The van der Waals surface area contributed by atoms with Crippen LogP contribution in [0.3, 0.4) is 0 Å². The Hall–Kier alpha value is -3.22. The minimum Gasteiger partial charge on any atom is -0.378 e. The molecule has 2 aromatic rings. The van der Waals surface area contributed by atoms with Crippen molar-refractivity contribution < 1.29 is 22.3 Å². The van der Waals surface area contributed by atoms with E-state index < -0.39 is 26.5 Å². The number of morpholine rings is 1. The third-order valence-corrected chi connectivity index (χ3v) is 6.55. The molecule has 0 saturated carbocycles. The van der Waals surface area contributed by atoms with Crippen molar-refractivity contribution in [3.63, 3.8) is 0 Å². The normalized spacial score (nSPS) is 17.9. The molecule has 1 amide bonds. The van der Waals surface area contributed by atoms with Crippen LogP contribution in [0.25, 0.3) is 0 Å². The molecule has 0 aromatic heterocycles. The fourth-order valence-electron chi connectivity index (χ4n) is 3.31. The highest BCUT2D eigenvalue weighted by molar-refractivity contribution is 7.96. The van der Waals surface area contributed by atoms with E-state index in [-0.39, 0.29) is 23.7 Å². The Morgan fingerprint density at radius 3 is 2.62 bits per heavy atom. The third kappa shape index (κ3) is 3.37. The smallest absolute Gasteiger partial charge is 0.267 e. The lowest BCUT2D eigenvalue weighted by Crippen LogP contribution is -2.43. The Balaban J connectivity index is 1.89. The fourth-order valence-corrected chi connectivity index (χ4v) is 4.83. The first-order valence-electron chi connectivity index (χ1n) is 8.85. The van der Waals surface area contributed by atoms with Crippen LogP contribution in [0.4, 0.5) is 15.8 Å². The number of hydrogen-bond acceptors (Lipinski definition) is 6. The maximum absolute atomic E-state index is 13.9. The molecule has 29 heavy (non-hydrogen) atoms. The predicted octanol–water partition coefficient (Wildman–Crippen LogP) is 2.32. The Labute approximate surface area is 167 Å². The van der Waals surface area contributed by atoms with Gasteiger partial charge >= 0.3 is 0 Å². The van der Waals surface area contributed by atoms with Crippen molar-refractivity contribution in [2.45, 2.75) is 4.90 Å². The second kappa shape index (κ2) is 7.31. The summed E-state index contributed by atoms with van der Waals surface area (Å²) in [5.74, 6) is -1.25. The van der Waals surface area contributed by atoms with Crippen LogP contribution in [0.2, 0.25) is 0 Å². The summed E-state index contributed by atoms with van der Waals surface area (Å²) in [5, 5.41) is 9.18. The second-order valence-electron chi connectivity index (χ2n) is 6.55. The molecule has 0 radical (unpaired) electrons. The second-order valence-corrected chi connectivity index (χ2v) is 8.43. The summed E-state index contributed by atoms with van der Waals surface area (Å²) in [6.45, 7) is 1.22. The summed E-state index contributed by atoms with van der Waals surface area (Å²) in [4.78, 5) is 15.3. The van der Waals surface area contributed by atoms with Gasteiger partial charge in [0.1, 0.15) is 5.82 Å². The summed E-state index contributed by atoms with van der Waals surface area (Å²) in [5.41, 5.74) is 0.875. The van der Waals surface area contributed by atoms with E-state index in [1.54, 1.807) is 24.3 Å². The molecule has 2 aliphatic heterocycles. The highest BCUT2D eigenvalue weighted by Gasteiger charge is 2.38. The summed E-state index contributed by atoms with van der Waals surface area (Å²) in [6, 6.07) is 11.7. The minimum atomic E-state index is -4.15. The largest absolute Gasteiger partial charge is 0.378 e. The van der Waals surface area contributed by atoms with Crippen LogP contribution in [0, 0.1) is 17.1 Å². The van der Waals surface area contributed by atoms with Crippen LogP contribution in [0.5, 0.6) is 0 Å². The Bertz CT molecular complexity index is 1160. The zero-order valence-electron chi connectivity index (χ0n) is 15.2. The van der Waals surface area contributed by atoms with Crippen LogP contribution in [-0.2, 0) is 19.4 Å². The molecule has 0 N–H and O–H groups in total. The van der Waals surface area contributed by atoms with Gasteiger partial charge in [-0.3, -0.25) is 4.79 Å². The van der Waals surface area contributed by atoms with Crippen molar-refractivity contribution in [2.75, 3.05) is 31.2 Å². The molecule has 0 bridgehead atoms. The van der Waals surface area contributed by atoms with Crippen LogP contribution in [0.15, 0.2) is 58.5 Å². The lowest BCUT2D eigenvalue weighted by Gasteiger charge is -2.32. The molecule has 0 unspecified atom stereocenters. The molecule has 9 heteroatoms. The van der Waals surface area contributed by atoms with Crippen LogP contribution in [-0.4, -0.2) is 45.5 Å². The summed E-state index contributed by atoms with van der Waals surface area (Å²) < 4.78 is 45.5. The molecule has 4 rings (SSSR count). The first kappa shape index (κ1) is 19.1. The lowest BCUT2D eigenvalue weighted by atomic mass is 10.2. The van der Waals surface area contributed by atoms with E-state index in [4.69, 9.17) is 4.74 Å². The quantitative estimate of drug-likeness (QED) is 0.702. The van der Waals surface area contributed by atoms with E-state index in [0.717, 1.165) is 18.2 Å².